The second kappa shape index (κ2) is 7.28. The molecule has 0 saturated carbocycles. The third-order valence-corrected chi connectivity index (χ3v) is 2.79. The standard InChI is InChI=1S/C14H26N4O/c1-14(2,3)10-11(15)9-13(19)18-6-4-5-12-16-7-8-17-12/h7-8,11H,4-6,9-10,15H2,1-3H3,(H,16,17)(H,18,19). The molecule has 0 aliphatic rings. The number of aromatic nitrogens is 2. The first-order valence-corrected chi connectivity index (χ1v) is 6.87. The zero-order chi connectivity index (χ0) is 14.3. The van der Waals surface area contributed by atoms with Crippen LogP contribution in [0.25, 0.3) is 0 Å². The Labute approximate surface area is 115 Å². The summed E-state index contributed by atoms with van der Waals surface area (Å²) >= 11 is 0. The molecule has 0 aliphatic heterocycles. The summed E-state index contributed by atoms with van der Waals surface area (Å²) in [5, 5.41) is 2.90. The molecule has 5 nitrogen and oxygen atoms in total. The van der Waals surface area contributed by atoms with Gasteiger partial charge in [0.1, 0.15) is 5.82 Å². The van der Waals surface area contributed by atoms with Gasteiger partial charge in [0, 0.05) is 37.8 Å². The molecular weight excluding hydrogens is 240 g/mol. The van der Waals surface area contributed by atoms with Crippen LogP contribution in [0, 0.1) is 5.41 Å². The highest BCUT2D eigenvalue weighted by atomic mass is 16.1. The Morgan fingerprint density at radius 2 is 2.26 bits per heavy atom. The van der Waals surface area contributed by atoms with Gasteiger partial charge in [-0.25, -0.2) is 4.98 Å². The van der Waals surface area contributed by atoms with Crippen molar-refractivity contribution in [3.63, 3.8) is 0 Å². The predicted molar refractivity (Wildman–Crippen MR) is 76.6 cm³/mol. The molecule has 1 aromatic rings. The van der Waals surface area contributed by atoms with E-state index in [0.717, 1.165) is 25.1 Å². The third-order valence-electron chi connectivity index (χ3n) is 2.79. The molecule has 0 saturated heterocycles. The van der Waals surface area contributed by atoms with Crippen LogP contribution in [0.3, 0.4) is 0 Å². The average Bonchev–Trinajstić information content (AvgIpc) is 2.74. The lowest BCUT2D eigenvalue weighted by Crippen LogP contribution is -2.34. The monoisotopic (exact) mass is 266 g/mol. The lowest BCUT2D eigenvalue weighted by Gasteiger charge is -2.22. The summed E-state index contributed by atoms with van der Waals surface area (Å²) in [6.07, 6.45) is 6.53. The van der Waals surface area contributed by atoms with Crippen molar-refractivity contribution in [2.75, 3.05) is 6.54 Å². The normalized spacial score (nSPS) is 13.3. The molecule has 19 heavy (non-hydrogen) atoms. The number of hydrogen-bond donors (Lipinski definition) is 3. The van der Waals surface area contributed by atoms with Crippen LogP contribution in [0.5, 0.6) is 0 Å². The van der Waals surface area contributed by atoms with Crippen LogP contribution in [0.4, 0.5) is 0 Å². The summed E-state index contributed by atoms with van der Waals surface area (Å²) in [7, 11) is 0. The van der Waals surface area contributed by atoms with Crippen LogP contribution in [0.15, 0.2) is 12.4 Å². The Balaban J connectivity index is 2.10. The third kappa shape index (κ3) is 7.62. The Bertz CT molecular complexity index is 367. The molecule has 0 radical (unpaired) electrons. The largest absolute Gasteiger partial charge is 0.356 e. The first kappa shape index (κ1) is 15.7. The molecule has 1 heterocycles. The van der Waals surface area contributed by atoms with Crippen LogP contribution in [0.2, 0.25) is 0 Å². The van der Waals surface area contributed by atoms with Crippen LogP contribution in [0.1, 0.15) is 45.9 Å². The van der Waals surface area contributed by atoms with Gasteiger partial charge < -0.3 is 16.0 Å². The highest BCUT2D eigenvalue weighted by Crippen LogP contribution is 2.20. The quantitative estimate of drug-likeness (QED) is 0.656. The van der Waals surface area contributed by atoms with Gasteiger partial charge in [0.25, 0.3) is 0 Å². The molecule has 1 amide bonds. The minimum absolute atomic E-state index is 0.0381. The first-order valence-electron chi connectivity index (χ1n) is 6.87. The summed E-state index contributed by atoms with van der Waals surface area (Å²) in [6, 6.07) is -0.0647. The topological polar surface area (TPSA) is 83.8 Å². The van der Waals surface area contributed by atoms with E-state index >= 15 is 0 Å². The second-order valence-corrected chi connectivity index (χ2v) is 6.22. The van der Waals surface area contributed by atoms with Crippen molar-refractivity contribution in [1.29, 1.82) is 0 Å². The highest BCUT2D eigenvalue weighted by Gasteiger charge is 2.17. The van der Waals surface area contributed by atoms with Gasteiger partial charge >= 0.3 is 0 Å². The molecule has 1 atom stereocenters. The van der Waals surface area contributed by atoms with Gasteiger partial charge in [-0.1, -0.05) is 20.8 Å². The molecule has 5 heteroatoms. The lowest BCUT2D eigenvalue weighted by molar-refractivity contribution is -0.121. The molecule has 4 N–H and O–H groups in total. The number of aryl methyl sites for hydroxylation is 1. The second-order valence-electron chi connectivity index (χ2n) is 6.22. The summed E-state index contributed by atoms with van der Waals surface area (Å²) in [4.78, 5) is 18.9. The van der Waals surface area contributed by atoms with E-state index in [9.17, 15) is 4.79 Å². The number of hydrogen-bond acceptors (Lipinski definition) is 3. The fourth-order valence-electron chi connectivity index (χ4n) is 2.09. The van der Waals surface area contributed by atoms with Crippen LogP contribution < -0.4 is 11.1 Å². The SMILES string of the molecule is CC(C)(C)CC(N)CC(=O)NCCCc1ncc[nH]1. The molecule has 1 rings (SSSR count). The summed E-state index contributed by atoms with van der Waals surface area (Å²) < 4.78 is 0. The van der Waals surface area contributed by atoms with E-state index in [1.54, 1.807) is 12.4 Å². The lowest BCUT2D eigenvalue weighted by atomic mass is 9.87. The molecule has 0 fully saturated rings. The van der Waals surface area contributed by atoms with Gasteiger partial charge in [0.2, 0.25) is 5.91 Å². The number of H-pyrrole nitrogens is 1. The van der Waals surface area contributed by atoms with Crippen LogP contribution in [-0.4, -0.2) is 28.5 Å². The van der Waals surface area contributed by atoms with Crippen molar-refractivity contribution >= 4 is 5.91 Å². The van der Waals surface area contributed by atoms with E-state index in [1.807, 2.05) is 0 Å². The van der Waals surface area contributed by atoms with E-state index in [2.05, 4.69) is 36.1 Å². The van der Waals surface area contributed by atoms with Gasteiger partial charge in [-0.2, -0.15) is 0 Å². The molecule has 0 spiro atoms. The Hall–Kier alpha value is -1.36. The first-order chi connectivity index (χ1) is 8.87. The fourth-order valence-corrected chi connectivity index (χ4v) is 2.09. The molecule has 0 bridgehead atoms. The number of nitrogens with one attached hydrogen (secondary N) is 2. The van der Waals surface area contributed by atoms with Gasteiger partial charge in [-0.15, -0.1) is 0 Å². The van der Waals surface area contributed by atoms with E-state index < -0.39 is 0 Å². The predicted octanol–water partition coefficient (Wildman–Crippen LogP) is 1.61. The van der Waals surface area contributed by atoms with Crippen molar-refractivity contribution < 1.29 is 4.79 Å². The smallest absolute Gasteiger partial charge is 0.221 e. The minimum Gasteiger partial charge on any atom is -0.356 e. The van der Waals surface area contributed by atoms with E-state index in [0.29, 0.717) is 13.0 Å². The number of carbonyl (C=O) groups excluding carboxylic acids is 1. The molecular formula is C14H26N4O. The highest BCUT2D eigenvalue weighted by molar-refractivity contribution is 5.76. The number of nitrogens with zero attached hydrogens (tertiary/aromatic N) is 1. The Morgan fingerprint density at radius 1 is 1.53 bits per heavy atom. The van der Waals surface area contributed by atoms with Crippen LogP contribution in [-0.2, 0) is 11.2 Å². The Morgan fingerprint density at radius 3 is 2.84 bits per heavy atom. The van der Waals surface area contributed by atoms with Gasteiger partial charge in [0.05, 0.1) is 0 Å². The van der Waals surface area contributed by atoms with E-state index in [-0.39, 0.29) is 17.4 Å². The number of carbonyl (C=O) groups is 1. The number of aromatic amines is 1. The van der Waals surface area contributed by atoms with E-state index in [1.165, 1.54) is 0 Å². The maximum Gasteiger partial charge on any atom is 0.221 e. The molecule has 0 aliphatic carbocycles. The maximum absolute atomic E-state index is 11.7. The van der Waals surface area contributed by atoms with Gasteiger partial charge in [-0.3, -0.25) is 4.79 Å². The fraction of sp³-hybridized carbons (Fsp3) is 0.714. The summed E-state index contributed by atoms with van der Waals surface area (Å²) in [6.45, 7) is 7.07. The maximum atomic E-state index is 11.7. The van der Waals surface area contributed by atoms with Crippen molar-refractivity contribution in [1.82, 2.24) is 15.3 Å². The summed E-state index contributed by atoms with van der Waals surface area (Å²) in [5.74, 6) is 0.995. The van der Waals surface area contributed by atoms with Crippen molar-refractivity contribution in [3.8, 4) is 0 Å². The zero-order valence-electron chi connectivity index (χ0n) is 12.2. The summed E-state index contributed by atoms with van der Waals surface area (Å²) in [5.41, 5.74) is 6.13. The number of nitrogens with two attached hydrogens (primary N) is 1. The van der Waals surface area contributed by atoms with Crippen molar-refractivity contribution in [2.24, 2.45) is 11.1 Å². The number of rotatable bonds is 7. The average molecular weight is 266 g/mol. The molecule has 1 aromatic heterocycles. The Kier molecular flexibility index (Phi) is 6.02. The number of imidazole rings is 1. The molecule has 1 unspecified atom stereocenters. The van der Waals surface area contributed by atoms with E-state index in [4.69, 9.17) is 5.73 Å². The molecule has 108 valence electrons. The van der Waals surface area contributed by atoms with Gasteiger partial charge in [0.15, 0.2) is 0 Å². The minimum atomic E-state index is -0.0647. The van der Waals surface area contributed by atoms with Gasteiger partial charge in [-0.05, 0) is 18.3 Å². The van der Waals surface area contributed by atoms with Crippen molar-refractivity contribution in [2.45, 2.75) is 52.5 Å². The zero-order valence-corrected chi connectivity index (χ0v) is 12.2. The number of amides is 1. The van der Waals surface area contributed by atoms with Crippen molar-refractivity contribution in [3.05, 3.63) is 18.2 Å². The van der Waals surface area contributed by atoms with Crippen LogP contribution >= 0.6 is 0 Å². The molecule has 0 aromatic carbocycles.